The van der Waals surface area contributed by atoms with E-state index in [-0.39, 0.29) is 11.3 Å². The molecular weight excluding hydrogens is 362 g/mol. The molecule has 0 fully saturated rings. The maximum Gasteiger partial charge on any atom is 0.260 e. The third-order valence-corrected chi connectivity index (χ3v) is 4.79. The van der Waals surface area contributed by atoms with Gasteiger partial charge in [-0.2, -0.15) is 0 Å². The molecule has 1 unspecified atom stereocenters. The summed E-state index contributed by atoms with van der Waals surface area (Å²) in [5.41, 5.74) is 1.32. The maximum absolute atomic E-state index is 12.3. The Morgan fingerprint density at radius 1 is 0.931 bits per heavy atom. The van der Waals surface area contributed by atoms with Crippen molar-refractivity contribution in [2.45, 2.75) is 39.2 Å². The highest BCUT2D eigenvalue weighted by Gasteiger charge is 2.16. The summed E-state index contributed by atoms with van der Waals surface area (Å²) >= 11 is 0. The smallest absolute Gasteiger partial charge is 0.260 e. The number of hydrogen-bond acceptors (Lipinski definition) is 3. The molecule has 3 aromatic rings. The Kier molecular flexibility index (Phi) is 6.42. The van der Waals surface area contributed by atoms with Crippen molar-refractivity contribution in [3.05, 3.63) is 72.3 Å². The van der Waals surface area contributed by atoms with Gasteiger partial charge in [0, 0.05) is 0 Å². The van der Waals surface area contributed by atoms with E-state index in [1.807, 2.05) is 54.6 Å². The van der Waals surface area contributed by atoms with Crippen LogP contribution in [0.4, 0.5) is 0 Å². The second-order valence-electron chi connectivity index (χ2n) is 8.18. The minimum atomic E-state index is -0.573. The lowest BCUT2D eigenvalue weighted by atomic mass is 9.87. The van der Waals surface area contributed by atoms with Gasteiger partial charge in [0.25, 0.3) is 5.91 Å². The Morgan fingerprint density at radius 2 is 1.59 bits per heavy atom. The topological polar surface area (TPSA) is 47.6 Å². The Hall–Kier alpha value is -3.01. The molecule has 4 nitrogen and oxygen atoms in total. The molecule has 0 saturated carbocycles. The number of ether oxygens (including phenoxy) is 2. The van der Waals surface area contributed by atoms with Crippen molar-refractivity contribution in [2.24, 2.45) is 0 Å². The van der Waals surface area contributed by atoms with Gasteiger partial charge in [-0.25, -0.2) is 0 Å². The first-order valence-corrected chi connectivity index (χ1v) is 9.99. The van der Waals surface area contributed by atoms with Gasteiger partial charge < -0.3 is 14.8 Å². The van der Waals surface area contributed by atoms with Gasteiger partial charge in [-0.3, -0.25) is 4.79 Å². The number of nitrogens with one attached hydrogen (secondary N) is 1. The lowest BCUT2D eigenvalue weighted by Gasteiger charge is -2.20. The molecule has 0 radical (unpaired) electrons. The summed E-state index contributed by atoms with van der Waals surface area (Å²) in [6, 6.07) is 22.0. The molecule has 1 N–H and O–H groups in total. The van der Waals surface area contributed by atoms with E-state index in [0.29, 0.717) is 18.9 Å². The van der Waals surface area contributed by atoms with Crippen molar-refractivity contribution in [3.63, 3.8) is 0 Å². The minimum absolute atomic E-state index is 0.0898. The molecule has 3 aromatic carbocycles. The summed E-state index contributed by atoms with van der Waals surface area (Å²) in [6.45, 7) is 9.06. The predicted octanol–water partition coefficient (Wildman–Crippen LogP) is 5.10. The fourth-order valence-electron chi connectivity index (χ4n) is 3.04. The summed E-state index contributed by atoms with van der Waals surface area (Å²) in [5, 5.41) is 5.17. The van der Waals surface area contributed by atoms with Gasteiger partial charge in [0.2, 0.25) is 0 Å². The highest BCUT2D eigenvalue weighted by molar-refractivity contribution is 5.83. The molecule has 0 aromatic heterocycles. The van der Waals surface area contributed by atoms with Crippen LogP contribution in [0.5, 0.6) is 11.5 Å². The second-order valence-corrected chi connectivity index (χ2v) is 8.18. The Balaban J connectivity index is 1.43. The standard InChI is InChI=1S/C25H29NO3/c1-18(29-22-13-10-21(11-14-22)25(2,3)4)24(27)26-15-16-28-23-12-9-19-7-5-6-8-20(19)17-23/h5-14,17-18H,15-16H2,1-4H3,(H,26,27). The highest BCUT2D eigenvalue weighted by Crippen LogP contribution is 2.24. The number of hydrogen-bond donors (Lipinski definition) is 1. The van der Waals surface area contributed by atoms with Crippen LogP contribution in [0.15, 0.2) is 66.7 Å². The molecule has 0 bridgehead atoms. The van der Waals surface area contributed by atoms with E-state index >= 15 is 0 Å². The number of amides is 1. The van der Waals surface area contributed by atoms with Crippen LogP contribution in [0.25, 0.3) is 10.8 Å². The van der Waals surface area contributed by atoms with E-state index in [2.05, 4.69) is 38.2 Å². The maximum atomic E-state index is 12.3. The summed E-state index contributed by atoms with van der Waals surface area (Å²) < 4.78 is 11.5. The SMILES string of the molecule is CC(Oc1ccc(C(C)(C)C)cc1)C(=O)NCCOc1ccc2ccccc2c1. The lowest BCUT2D eigenvalue weighted by Crippen LogP contribution is -2.38. The van der Waals surface area contributed by atoms with E-state index in [1.165, 1.54) is 10.9 Å². The molecule has 0 aliphatic carbocycles. The van der Waals surface area contributed by atoms with E-state index < -0.39 is 6.10 Å². The van der Waals surface area contributed by atoms with E-state index in [4.69, 9.17) is 9.47 Å². The van der Waals surface area contributed by atoms with Gasteiger partial charge in [0.15, 0.2) is 6.10 Å². The van der Waals surface area contributed by atoms with Gasteiger partial charge in [-0.1, -0.05) is 63.2 Å². The summed E-state index contributed by atoms with van der Waals surface area (Å²) in [4.78, 5) is 12.3. The lowest BCUT2D eigenvalue weighted by molar-refractivity contribution is -0.127. The fraction of sp³-hybridized carbons (Fsp3) is 0.320. The molecule has 0 aliphatic heterocycles. The minimum Gasteiger partial charge on any atom is -0.492 e. The molecule has 0 heterocycles. The molecule has 152 valence electrons. The molecule has 4 heteroatoms. The Labute approximate surface area is 172 Å². The largest absolute Gasteiger partial charge is 0.492 e. The zero-order valence-corrected chi connectivity index (χ0v) is 17.6. The van der Waals surface area contributed by atoms with Crippen molar-refractivity contribution in [2.75, 3.05) is 13.2 Å². The summed E-state index contributed by atoms with van der Waals surface area (Å²) in [5.74, 6) is 1.32. The van der Waals surface area contributed by atoms with Gasteiger partial charge in [0.1, 0.15) is 18.1 Å². The molecule has 0 spiro atoms. The van der Waals surface area contributed by atoms with Crippen molar-refractivity contribution < 1.29 is 14.3 Å². The van der Waals surface area contributed by atoms with Crippen molar-refractivity contribution in [1.82, 2.24) is 5.32 Å². The molecular formula is C25H29NO3. The first-order valence-electron chi connectivity index (χ1n) is 9.99. The van der Waals surface area contributed by atoms with Crippen LogP contribution >= 0.6 is 0 Å². The molecule has 29 heavy (non-hydrogen) atoms. The van der Waals surface area contributed by atoms with Crippen LogP contribution in [0.2, 0.25) is 0 Å². The first kappa shape index (κ1) is 20.7. The molecule has 0 saturated heterocycles. The highest BCUT2D eigenvalue weighted by atomic mass is 16.5. The number of rotatable bonds is 7. The van der Waals surface area contributed by atoms with Crippen LogP contribution in [-0.2, 0) is 10.2 Å². The van der Waals surface area contributed by atoms with Crippen LogP contribution in [0.3, 0.4) is 0 Å². The molecule has 3 rings (SSSR count). The Morgan fingerprint density at radius 3 is 2.28 bits per heavy atom. The quantitative estimate of drug-likeness (QED) is 0.570. The molecule has 0 aliphatic rings. The van der Waals surface area contributed by atoms with Gasteiger partial charge in [-0.15, -0.1) is 0 Å². The van der Waals surface area contributed by atoms with Gasteiger partial charge in [-0.05, 0) is 52.9 Å². The predicted molar refractivity (Wildman–Crippen MR) is 118 cm³/mol. The summed E-state index contributed by atoms with van der Waals surface area (Å²) in [6.07, 6.45) is -0.573. The zero-order chi connectivity index (χ0) is 20.9. The average molecular weight is 392 g/mol. The Bertz CT molecular complexity index is 958. The number of benzene rings is 3. The normalized spacial score (nSPS) is 12.4. The van der Waals surface area contributed by atoms with E-state index in [0.717, 1.165) is 11.1 Å². The van der Waals surface area contributed by atoms with Crippen molar-refractivity contribution in [3.8, 4) is 11.5 Å². The van der Waals surface area contributed by atoms with Crippen molar-refractivity contribution in [1.29, 1.82) is 0 Å². The first-order chi connectivity index (χ1) is 13.8. The summed E-state index contributed by atoms with van der Waals surface area (Å²) in [7, 11) is 0. The number of fused-ring (bicyclic) bond motifs is 1. The van der Waals surface area contributed by atoms with Crippen molar-refractivity contribution >= 4 is 16.7 Å². The molecule has 1 atom stereocenters. The monoisotopic (exact) mass is 391 g/mol. The van der Waals surface area contributed by atoms with Crippen LogP contribution in [-0.4, -0.2) is 25.2 Å². The number of carbonyl (C=O) groups excluding carboxylic acids is 1. The second kappa shape index (κ2) is 8.99. The van der Waals surface area contributed by atoms with Gasteiger partial charge in [0.05, 0.1) is 6.54 Å². The number of carbonyl (C=O) groups is 1. The van der Waals surface area contributed by atoms with Crippen LogP contribution < -0.4 is 14.8 Å². The van der Waals surface area contributed by atoms with Gasteiger partial charge >= 0.3 is 0 Å². The van der Waals surface area contributed by atoms with E-state index in [9.17, 15) is 4.79 Å². The molecule has 1 amide bonds. The average Bonchev–Trinajstić information content (AvgIpc) is 2.70. The third-order valence-electron chi connectivity index (χ3n) is 4.79. The third kappa shape index (κ3) is 5.74. The zero-order valence-electron chi connectivity index (χ0n) is 17.6. The van der Waals surface area contributed by atoms with Crippen LogP contribution in [0, 0.1) is 0 Å². The fourth-order valence-corrected chi connectivity index (χ4v) is 3.04. The van der Waals surface area contributed by atoms with E-state index in [1.54, 1.807) is 6.92 Å². The van der Waals surface area contributed by atoms with Crippen LogP contribution in [0.1, 0.15) is 33.3 Å².